The van der Waals surface area contributed by atoms with Crippen LogP contribution in [-0.2, 0) is 4.79 Å². The van der Waals surface area contributed by atoms with Crippen LogP contribution in [-0.4, -0.2) is 24.0 Å². The predicted octanol–water partition coefficient (Wildman–Crippen LogP) is 2.09. The van der Waals surface area contributed by atoms with Gasteiger partial charge in [0.25, 0.3) is 0 Å². The van der Waals surface area contributed by atoms with Crippen molar-refractivity contribution in [1.82, 2.24) is 10.3 Å². The van der Waals surface area contributed by atoms with Gasteiger partial charge in [-0.1, -0.05) is 18.2 Å². The number of amides is 1. The van der Waals surface area contributed by atoms with Crippen molar-refractivity contribution in [2.24, 2.45) is 0 Å². The highest BCUT2D eigenvalue weighted by molar-refractivity contribution is 5.93. The van der Waals surface area contributed by atoms with Crippen molar-refractivity contribution in [1.29, 1.82) is 0 Å². The summed E-state index contributed by atoms with van der Waals surface area (Å²) in [6.45, 7) is 4.78. The van der Waals surface area contributed by atoms with Crippen LogP contribution in [0.4, 0.5) is 5.69 Å². The standard InChI is InChI=1S/C14H17N3O/c1-3-15-14(18)9-16-13-8-10(2)17-12-7-5-4-6-11(12)13/h4-8H,3,9H2,1-2H3,(H,15,18)(H,16,17). The van der Waals surface area contributed by atoms with Crippen LogP contribution in [0.1, 0.15) is 12.6 Å². The summed E-state index contributed by atoms with van der Waals surface area (Å²) in [5.41, 5.74) is 2.83. The zero-order chi connectivity index (χ0) is 13.0. The van der Waals surface area contributed by atoms with Gasteiger partial charge in [-0.3, -0.25) is 9.78 Å². The van der Waals surface area contributed by atoms with Gasteiger partial charge in [-0.25, -0.2) is 0 Å². The van der Waals surface area contributed by atoms with Crippen LogP contribution >= 0.6 is 0 Å². The average Bonchev–Trinajstić information content (AvgIpc) is 2.36. The van der Waals surface area contributed by atoms with E-state index in [1.54, 1.807) is 0 Å². The van der Waals surface area contributed by atoms with E-state index >= 15 is 0 Å². The summed E-state index contributed by atoms with van der Waals surface area (Å²) in [5.74, 6) is -0.00366. The molecule has 0 fully saturated rings. The predicted molar refractivity (Wildman–Crippen MR) is 73.7 cm³/mol. The molecule has 4 nitrogen and oxygen atoms in total. The fraction of sp³-hybridized carbons (Fsp3) is 0.286. The van der Waals surface area contributed by atoms with E-state index in [-0.39, 0.29) is 12.5 Å². The van der Waals surface area contributed by atoms with E-state index in [9.17, 15) is 4.79 Å². The Morgan fingerprint density at radius 1 is 1.33 bits per heavy atom. The number of hydrogen-bond acceptors (Lipinski definition) is 3. The second-order valence-electron chi connectivity index (χ2n) is 4.14. The second-order valence-corrected chi connectivity index (χ2v) is 4.14. The van der Waals surface area contributed by atoms with E-state index in [0.717, 1.165) is 22.3 Å². The minimum absolute atomic E-state index is 0.00366. The first-order valence-corrected chi connectivity index (χ1v) is 6.07. The van der Waals surface area contributed by atoms with Crippen LogP contribution < -0.4 is 10.6 Å². The molecule has 0 aliphatic heterocycles. The molecule has 0 saturated carbocycles. The van der Waals surface area contributed by atoms with E-state index in [4.69, 9.17) is 0 Å². The summed E-state index contributed by atoms with van der Waals surface area (Å²) in [6, 6.07) is 9.86. The van der Waals surface area contributed by atoms with Crippen LogP contribution in [0.5, 0.6) is 0 Å². The van der Waals surface area contributed by atoms with E-state index in [0.29, 0.717) is 6.54 Å². The smallest absolute Gasteiger partial charge is 0.239 e. The molecule has 1 aromatic carbocycles. The first-order valence-electron chi connectivity index (χ1n) is 6.07. The van der Waals surface area contributed by atoms with E-state index in [1.807, 2.05) is 44.2 Å². The Bertz CT molecular complexity index is 566. The third-order valence-electron chi connectivity index (χ3n) is 2.66. The number of fused-ring (bicyclic) bond motifs is 1. The number of hydrogen-bond donors (Lipinski definition) is 2. The largest absolute Gasteiger partial charge is 0.376 e. The Kier molecular flexibility index (Phi) is 3.77. The van der Waals surface area contributed by atoms with Crippen LogP contribution in [0.2, 0.25) is 0 Å². The van der Waals surface area contributed by atoms with E-state index in [2.05, 4.69) is 15.6 Å². The Hall–Kier alpha value is -2.10. The number of nitrogens with one attached hydrogen (secondary N) is 2. The molecule has 2 rings (SSSR count). The third-order valence-corrected chi connectivity index (χ3v) is 2.66. The molecule has 18 heavy (non-hydrogen) atoms. The Morgan fingerprint density at radius 3 is 2.89 bits per heavy atom. The zero-order valence-electron chi connectivity index (χ0n) is 10.7. The molecule has 0 radical (unpaired) electrons. The maximum Gasteiger partial charge on any atom is 0.239 e. The number of benzene rings is 1. The van der Waals surface area contributed by atoms with Gasteiger partial charge in [0.15, 0.2) is 0 Å². The number of pyridine rings is 1. The summed E-state index contributed by atoms with van der Waals surface area (Å²) in [6.07, 6.45) is 0. The van der Waals surface area contributed by atoms with Crippen molar-refractivity contribution in [3.05, 3.63) is 36.0 Å². The molecule has 1 heterocycles. The zero-order valence-corrected chi connectivity index (χ0v) is 10.7. The summed E-state index contributed by atoms with van der Waals surface area (Å²) >= 11 is 0. The number of para-hydroxylation sites is 1. The number of carbonyl (C=O) groups is 1. The quantitative estimate of drug-likeness (QED) is 0.864. The lowest BCUT2D eigenvalue weighted by Crippen LogP contribution is -2.29. The molecule has 0 aliphatic rings. The van der Waals surface area contributed by atoms with Gasteiger partial charge in [-0.05, 0) is 26.0 Å². The summed E-state index contributed by atoms with van der Waals surface area (Å²) < 4.78 is 0. The van der Waals surface area contributed by atoms with Crippen LogP contribution in [0.25, 0.3) is 10.9 Å². The van der Waals surface area contributed by atoms with Crippen molar-refractivity contribution in [2.45, 2.75) is 13.8 Å². The van der Waals surface area contributed by atoms with Crippen molar-refractivity contribution in [2.75, 3.05) is 18.4 Å². The molecule has 4 heteroatoms. The van der Waals surface area contributed by atoms with Crippen molar-refractivity contribution >= 4 is 22.5 Å². The number of anilines is 1. The topological polar surface area (TPSA) is 54.0 Å². The van der Waals surface area contributed by atoms with Gasteiger partial charge in [-0.2, -0.15) is 0 Å². The molecule has 0 atom stereocenters. The number of aryl methyl sites for hydroxylation is 1. The number of aromatic nitrogens is 1. The van der Waals surface area contributed by atoms with Gasteiger partial charge in [0.1, 0.15) is 0 Å². The maximum atomic E-state index is 11.4. The van der Waals surface area contributed by atoms with E-state index < -0.39 is 0 Å². The normalized spacial score (nSPS) is 10.3. The molecule has 0 bridgehead atoms. The van der Waals surface area contributed by atoms with Gasteiger partial charge in [-0.15, -0.1) is 0 Å². The molecule has 0 spiro atoms. The number of nitrogens with zero attached hydrogens (tertiary/aromatic N) is 1. The molecular formula is C14H17N3O. The minimum Gasteiger partial charge on any atom is -0.376 e. The molecule has 2 N–H and O–H groups in total. The Balaban J connectivity index is 2.24. The van der Waals surface area contributed by atoms with Gasteiger partial charge in [0.05, 0.1) is 12.1 Å². The first-order chi connectivity index (χ1) is 8.70. The highest BCUT2D eigenvalue weighted by Gasteiger charge is 2.05. The van der Waals surface area contributed by atoms with Crippen LogP contribution in [0, 0.1) is 6.92 Å². The lowest BCUT2D eigenvalue weighted by Gasteiger charge is -2.10. The molecule has 2 aromatic rings. The molecule has 0 unspecified atom stereocenters. The van der Waals surface area contributed by atoms with Crippen LogP contribution in [0.15, 0.2) is 30.3 Å². The Labute approximate surface area is 106 Å². The lowest BCUT2D eigenvalue weighted by molar-refractivity contribution is -0.119. The van der Waals surface area contributed by atoms with Crippen molar-refractivity contribution < 1.29 is 4.79 Å². The fourth-order valence-electron chi connectivity index (χ4n) is 1.89. The summed E-state index contributed by atoms with van der Waals surface area (Å²) in [5, 5.41) is 6.96. The molecule has 1 aromatic heterocycles. The molecular weight excluding hydrogens is 226 g/mol. The van der Waals surface area contributed by atoms with E-state index in [1.165, 1.54) is 0 Å². The number of carbonyl (C=O) groups excluding carboxylic acids is 1. The minimum atomic E-state index is -0.00366. The van der Waals surface area contributed by atoms with Gasteiger partial charge < -0.3 is 10.6 Å². The monoisotopic (exact) mass is 243 g/mol. The SMILES string of the molecule is CCNC(=O)CNc1cc(C)nc2ccccc12. The summed E-state index contributed by atoms with van der Waals surface area (Å²) in [7, 11) is 0. The van der Waals surface area contributed by atoms with Crippen LogP contribution in [0.3, 0.4) is 0 Å². The first kappa shape index (κ1) is 12.4. The average molecular weight is 243 g/mol. The van der Waals surface area contributed by atoms with Crippen molar-refractivity contribution in [3.63, 3.8) is 0 Å². The maximum absolute atomic E-state index is 11.4. The third kappa shape index (κ3) is 2.77. The lowest BCUT2D eigenvalue weighted by atomic mass is 10.1. The fourth-order valence-corrected chi connectivity index (χ4v) is 1.89. The van der Waals surface area contributed by atoms with Gasteiger partial charge in [0.2, 0.25) is 5.91 Å². The second kappa shape index (κ2) is 5.49. The van der Waals surface area contributed by atoms with Gasteiger partial charge >= 0.3 is 0 Å². The van der Waals surface area contributed by atoms with Gasteiger partial charge in [0, 0.05) is 23.3 Å². The molecule has 0 saturated heterocycles. The Morgan fingerprint density at radius 2 is 2.11 bits per heavy atom. The highest BCUT2D eigenvalue weighted by atomic mass is 16.1. The molecule has 0 aliphatic carbocycles. The highest BCUT2D eigenvalue weighted by Crippen LogP contribution is 2.22. The number of rotatable bonds is 4. The summed E-state index contributed by atoms with van der Waals surface area (Å²) in [4.78, 5) is 15.9. The van der Waals surface area contributed by atoms with Crippen molar-refractivity contribution in [3.8, 4) is 0 Å². The molecule has 1 amide bonds. The number of likely N-dealkylation sites (N-methyl/N-ethyl adjacent to an activating group) is 1. The molecule has 94 valence electrons.